The van der Waals surface area contributed by atoms with E-state index in [1.807, 2.05) is 49.4 Å². The van der Waals surface area contributed by atoms with Crippen LogP contribution in [0.5, 0.6) is 5.75 Å². The van der Waals surface area contributed by atoms with Crippen molar-refractivity contribution in [3.05, 3.63) is 69.7 Å². The molecule has 1 N–H and O–H groups in total. The van der Waals surface area contributed by atoms with Crippen LogP contribution in [0.15, 0.2) is 48.5 Å². The third-order valence-electron chi connectivity index (χ3n) is 3.95. The molecule has 0 saturated carbocycles. The number of ether oxygens (including phenoxy) is 2. The molecular formula is C21H22Cl2O4. The number of hydrogen-bond donors (Lipinski definition) is 1. The topological polar surface area (TPSA) is 55.8 Å². The molecule has 144 valence electrons. The lowest BCUT2D eigenvalue weighted by molar-refractivity contribution is -0.149. The Labute approximate surface area is 169 Å². The molecule has 0 aliphatic rings. The Hall–Kier alpha value is -2.01. The molecule has 6 heteroatoms. The predicted molar refractivity (Wildman–Crippen MR) is 109 cm³/mol. The van der Waals surface area contributed by atoms with Crippen molar-refractivity contribution in [3.8, 4) is 5.75 Å². The second kappa shape index (κ2) is 10.4. The highest BCUT2D eigenvalue weighted by molar-refractivity contribution is 6.34. The van der Waals surface area contributed by atoms with Gasteiger partial charge >= 0.3 is 5.97 Å². The van der Waals surface area contributed by atoms with Crippen molar-refractivity contribution < 1.29 is 19.4 Å². The molecule has 0 bridgehead atoms. The average molecular weight is 409 g/mol. The number of rotatable bonds is 9. The van der Waals surface area contributed by atoms with Crippen LogP contribution in [0.2, 0.25) is 10.0 Å². The van der Waals surface area contributed by atoms with Crippen molar-refractivity contribution in [1.29, 1.82) is 0 Å². The number of aliphatic carboxylic acids is 1. The van der Waals surface area contributed by atoms with Crippen LogP contribution in [-0.2, 0) is 16.0 Å². The predicted octanol–water partition coefficient (Wildman–Crippen LogP) is 5.51. The Morgan fingerprint density at radius 3 is 2.33 bits per heavy atom. The van der Waals surface area contributed by atoms with Crippen LogP contribution in [-0.4, -0.2) is 30.4 Å². The molecule has 0 fully saturated rings. The largest absolute Gasteiger partial charge is 0.490 e. The minimum Gasteiger partial charge on any atom is -0.490 e. The summed E-state index contributed by atoms with van der Waals surface area (Å²) in [6, 6.07) is 12.7. The maximum Gasteiger partial charge on any atom is 0.333 e. The van der Waals surface area contributed by atoms with Gasteiger partial charge in [-0.25, -0.2) is 4.79 Å². The average Bonchev–Trinajstić information content (AvgIpc) is 2.61. The van der Waals surface area contributed by atoms with Crippen LogP contribution in [0.3, 0.4) is 0 Å². The minimum absolute atomic E-state index is 0.317. The first-order chi connectivity index (χ1) is 12.9. The smallest absolute Gasteiger partial charge is 0.333 e. The number of carboxylic acid groups (broad SMARTS) is 1. The van der Waals surface area contributed by atoms with Crippen LogP contribution < -0.4 is 4.74 Å². The lowest BCUT2D eigenvalue weighted by Gasteiger charge is -2.12. The molecule has 0 aliphatic heterocycles. The van der Waals surface area contributed by atoms with E-state index in [-0.39, 0.29) is 0 Å². The van der Waals surface area contributed by atoms with E-state index < -0.39 is 12.1 Å². The van der Waals surface area contributed by atoms with Crippen molar-refractivity contribution in [2.75, 3.05) is 13.2 Å². The summed E-state index contributed by atoms with van der Waals surface area (Å²) in [4.78, 5) is 11.2. The van der Waals surface area contributed by atoms with Crippen LogP contribution >= 0.6 is 23.2 Å². The van der Waals surface area contributed by atoms with Gasteiger partial charge in [-0.3, -0.25) is 0 Å². The molecule has 0 amide bonds. The fourth-order valence-electron chi connectivity index (χ4n) is 2.52. The second-order valence-corrected chi connectivity index (χ2v) is 6.86. The van der Waals surface area contributed by atoms with Crippen LogP contribution in [0.1, 0.15) is 25.0 Å². The van der Waals surface area contributed by atoms with Crippen LogP contribution in [0.4, 0.5) is 0 Å². The van der Waals surface area contributed by atoms with Gasteiger partial charge in [0.1, 0.15) is 12.4 Å². The zero-order valence-electron chi connectivity index (χ0n) is 15.2. The fourth-order valence-corrected chi connectivity index (χ4v) is 3.04. The van der Waals surface area contributed by atoms with E-state index in [4.69, 9.17) is 37.8 Å². The van der Waals surface area contributed by atoms with Crippen LogP contribution in [0, 0.1) is 0 Å². The summed E-state index contributed by atoms with van der Waals surface area (Å²) >= 11 is 12.1. The highest BCUT2D eigenvalue weighted by atomic mass is 35.5. The van der Waals surface area contributed by atoms with E-state index in [9.17, 15) is 4.79 Å². The van der Waals surface area contributed by atoms with Gasteiger partial charge in [-0.2, -0.15) is 0 Å². The first-order valence-corrected chi connectivity index (χ1v) is 9.34. The van der Waals surface area contributed by atoms with Gasteiger partial charge in [0.05, 0.1) is 0 Å². The molecule has 27 heavy (non-hydrogen) atoms. The number of hydrogen-bond acceptors (Lipinski definition) is 3. The van der Waals surface area contributed by atoms with Crippen molar-refractivity contribution >= 4 is 34.7 Å². The molecule has 0 saturated heterocycles. The molecule has 4 nitrogen and oxygen atoms in total. The zero-order chi connectivity index (χ0) is 19.8. The Morgan fingerprint density at radius 2 is 1.78 bits per heavy atom. The summed E-state index contributed by atoms with van der Waals surface area (Å²) in [7, 11) is 0. The van der Waals surface area contributed by atoms with Gasteiger partial charge in [0, 0.05) is 23.1 Å². The van der Waals surface area contributed by atoms with Gasteiger partial charge in [0.2, 0.25) is 0 Å². The number of allylic oxidation sites excluding steroid dienone is 1. The Bertz CT molecular complexity index is 780. The van der Waals surface area contributed by atoms with Crippen molar-refractivity contribution in [2.45, 2.75) is 26.4 Å². The third kappa shape index (κ3) is 6.90. The highest BCUT2D eigenvalue weighted by Crippen LogP contribution is 2.24. The van der Waals surface area contributed by atoms with Gasteiger partial charge in [-0.15, -0.1) is 0 Å². The van der Waals surface area contributed by atoms with E-state index in [1.54, 1.807) is 13.0 Å². The first kappa shape index (κ1) is 21.3. The molecule has 0 aliphatic carbocycles. The molecule has 2 rings (SSSR count). The monoisotopic (exact) mass is 408 g/mol. The molecule has 0 heterocycles. The highest BCUT2D eigenvalue weighted by Gasteiger charge is 2.17. The van der Waals surface area contributed by atoms with E-state index in [1.165, 1.54) is 0 Å². The van der Waals surface area contributed by atoms with Crippen molar-refractivity contribution in [2.24, 2.45) is 0 Å². The lowest BCUT2D eigenvalue weighted by atomic mass is 10.1. The minimum atomic E-state index is -0.959. The summed E-state index contributed by atoms with van der Waals surface area (Å²) in [6.07, 6.45) is 1.43. The van der Waals surface area contributed by atoms with E-state index in [0.29, 0.717) is 35.4 Å². The third-order valence-corrected chi connectivity index (χ3v) is 4.38. The second-order valence-electron chi connectivity index (χ2n) is 5.99. The summed E-state index contributed by atoms with van der Waals surface area (Å²) in [5, 5.41) is 10.3. The molecular weight excluding hydrogens is 387 g/mol. The number of benzene rings is 2. The van der Waals surface area contributed by atoms with Crippen molar-refractivity contribution in [1.82, 2.24) is 0 Å². The van der Waals surface area contributed by atoms with E-state index >= 15 is 0 Å². The van der Waals surface area contributed by atoms with Crippen molar-refractivity contribution in [3.63, 3.8) is 0 Å². The summed E-state index contributed by atoms with van der Waals surface area (Å²) in [6.45, 7) is 4.50. The summed E-state index contributed by atoms with van der Waals surface area (Å²) in [5.41, 5.74) is 2.84. The quantitative estimate of drug-likeness (QED) is 0.594. The van der Waals surface area contributed by atoms with Gasteiger partial charge < -0.3 is 14.6 Å². The van der Waals surface area contributed by atoms with Gasteiger partial charge in [0.25, 0.3) is 0 Å². The first-order valence-electron chi connectivity index (χ1n) is 8.58. The normalized spacial score (nSPS) is 12.7. The number of carboxylic acids is 1. The molecule has 2 aromatic rings. The fraction of sp³-hybridized carbons (Fsp3) is 0.286. The Morgan fingerprint density at radius 1 is 1.15 bits per heavy atom. The molecule has 0 radical (unpaired) electrons. The maximum absolute atomic E-state index is 11.2. The Balaban J connectivity index is 1.93. The SMILES string of the molecule is CCOC(Cc1ccc(OC/C=C(/C)c2cc(Cl)cc(Cl)c2)cc1)C(=O)O. The van der Waals surface area contributed by atoms with Gasteiger partial charge in [-0.05, 0) is 67.0 Å². The zero-order valence-corrected chi connectivity index (χ0v) is 16.8. The molecule has 0 spiro atoms. The molecule has 1 unspecified atom stereocenters. The van der Waals surface area contributed by atoms with E-state index in [0.717, 1.165) is 16.7 Å². The van der Waals surface area contributed by atoms with Crippen LogP contribution in [0.25, 0.3) is 5.57 Å². The maximum atomic E-state index is 11.2. The molecule has 2 aromatic carbocycles. The van der Waals surface area contributed by atoms with Gasteiger partial charge in [0.15, 0.2) is 6.10 Å². The standard InChI is InChI=1S/C21H22Cl2O4/c1-3-26-20(21(24)25)10-15-4-6-19(7-5-15)27-9-8-14(2)16-11-17(22)13-18(23)12-16/h4-8,11-13,20H,3,9-10H2,1-2H3,(H,24,25)/b14-8-. The number of carbonyl (C=O) groups is 1. The number of halogens is 2. The lowest BCUT2D eigenvalue weighted by Crippen LogP contribution is -2.26. The summed E-state index contributed by atoms with van der Waals surface area (Å²) in [5.74, 6) is -0.255. The van der Waals surface area contributed by atoms with Gasteiger partial charge in [-0.1, -0.05) is 35.3 Å². The molecule has 1 atom stereocenters. The molecule has 0 aromatic heterocycles. The Kier molecular flexibility index (Phi) is 8.17. The summed E-state index contributed by atoms with van der Waals surface area (Å²) < 4.78 is 11.0. The van der Waals surface area contributed by atoms with E-state index in [2.05, 4.69) is 0 Å².